The van der Waals surface area contributed by atoms with Gasteiger partial charge in [0.05, 0.1) is 0 Å². The van der Waals surface area contributed by atoms with Crippen LogP contribution in [0.4, 0.5) is 0 Å². The molecule has 2 N–H and O–H groups in total. The van der Waals surface area contributed by atoms with Crippen LogP contribution in [-0.4, -0.2) is 31.1 Å². The molecule has 0 fully saturated rings. The highest BCUT2D eigenvalue weighted by molar-refractivity contribution is 7.09. The predicted molar refractivity (Wildman–Crippen MR) is 86.8 cm³/mol. The number of hydrogen-bond acceptors (Lipinski definition) is 3. The van der Waals surface area contributed by atoms with Crippen molar-refractivity contribution in [1.29, 1.82) is 0 Å². The zero-order chi connectivity index (χ0) is 14.3. The highest BCUT2D eigenvalue weighted by Crippen LogP contribution is 2.26. The summed E-state index contributed by atoms with van der Waals surface area (Å²) < 4.78 is 0. The lowest BCUT2D eigenvalue weighted by Gasteiger charge is -2.28. The van der Waals surface area contributed by atoms with Gasteiger partial charge in [-0.05, 0) is 69.6 Å². The maximum atomic E-state index is 5.66. The number of rotatable bonds is 9. The van der Waals surface area contributed by atoms with Crippen molar-refractivity contribution < 1.29 is 0 Å². The second-order valence-corrected chi connectivity index (χ2v) is 7.45. The normalized spacial score (nSPS) is 14.0. The summed E-state index contributed by atoms with van der Waals surface area (Å²) >= 11 is 1.86. The molecule has 0 aliphatic heterocycles. The van der Waals surface area contributed by atoms with Gasteiger partial charge >= 0.3 is 0 Å². The lowest BCUT2D eigenvalue weighted by Crippen LogP contribution is -2.32. The first kappa shape index (κ1) is 16.7. The van der Waals surface area contributed by atoms with Crippen LogP contribution >= 0.6 is 11.3 Å². The van der Waals surface area contributed by atoms with Crippen LogP contribution in [0.5, 0.6) is 0 Å². The topological polar surface area (TPSA) is 29.3 Å². The fourth-order valence-corrected chi connectivity index (χ4v) is 3.25. The van der Waals surface area contributed by atoms with Crippen molar-refractivity contribution in [3.8, 4) is 0 Å². The molecule has 0 spiro atoms. The van der Waals surface area contributed by atoms with Gasteiger partial charge in [-0.1, -0.05) is 19.9 Å². The molecule has 0 aromatic carbocycles. The van der Waals surface area contributed by atoms with Crippen LogP contribution in [0.3, 0.4) is 0 Å². The van der Waals surface area contributed by atoms with E-state index >= 15 is 0 Å². The average Bonchev–Trinajstić information content (AvgIpc) is 2.81. The molecule has 110 valence electrons. The standard InChI is InChI=1S/C16H30N2S/c1-14(13-15-7-5-12-19-15)18(4)11-6-8-16(2,3)9-10-17/h5,7,12,14H,6,8-11,13,17H2,1-4H3. The lowest BCUT2D eigenvalue weighted by molar-refractivity contribution is 0.225. The molecule has 0 aliphatic carbocycles. The number of nitrogens with two attached hydrogens (primary N) is 1. The Morgan fingerprint density at radius 1 is 1.37 bits per heavy atom. The van der Waals surface area contributed by atoms with E-state index in [1.165, 1.54) is 30.7 Å². The fraction of sp³-hybridized carbons (Fsp3) is 0.750. The van der Waals surface area contributed by atoms with E-state index in [1.807, 2.05) is 11.3 Å². The molecule has 1 heterocycles. The molecule has 0 saturated carbocycles. The smallest absolute Gasteiger partial charge is 0.0112 e. The van der Waals surface area contributed by atoms with E-state index in [0.717, 1.165) is 13.0 Å². The third kappa shape index (κ3) is 6.55. The maximum absolute atomic E-state index is 5.66. The first-order valence-corrected chi connectivity index (χ1v) is 8.25. The van der Waals surface area contributed by atoms with Crippen LogP contribution in [-0.2, 0) is 6.42 Å². The number of thiophene rings is 1. The Labute approximate surface area is 123 Å². The summed E-state index contributed by atoms with van der Waals surface area (Å²) in [7, 11) is 2.24. The van der Waals surface area contributed by atoms with Gasteiger partial charge in [0.25, 0.3) is 0 Å². The van der Waals surface area contributed by atoms with E-state index in [2.05, 4.69) is 50.2 Å². The molecule has 2 nitrogen and oxygen atoms in total. The van der Waals surface area contributed by atoms with Crippen LogP contribution in [0, 0.1) is 5.41 Å². The van der Waals surface area contributed by atoms with Crippen LogP contribution in [0.2, 0.25) is 0 Å². The van der Waals surface area contributed by atoms with Crippen LogP contribution in [0.15, 0.2) is 17.5 Å². The third-order valence-electron chi connectivity index (χ3n) is 4.01. The van der Waals surface area contributed by atoms with E-state index in [0.29, 0.717) is 11.5 Å². The molecule has 1 rings (SSSR count). The Bertz CT molecular complexity index is 333. The lowest BCUT2D eigenvalue weighted by atomic mass is 9.84. The minimum Gasteiger partial charge on any atom is -0.330 e. The Balaban J connectivity index is 2.25. The van der Waals surface area contributed by atoms with Gasteiger partial charge < -0.3 is 10.6 Å². The molecule has 3 heteroatoms. The molecule has 0 bridgehead atoms. The van der Waals surface area contributed by atoms with Gasteiger partial charge in [0.15, 0.2) is 0 Å². The molecule has 19 heavy (non-hydrogen) atoms. The van der Waals surface area contributed by atoms with E-state index < -0.39 is 0 Å². The molecular formula is C16H30N2S. The van der Waals surface area contributed by atoms with Crippen molar-refractivity contribution in [3.05, 3.63) is 22.4 Å². The maximum Gasteiger partial charge on any atom is 0.0112 e. The SMILES string of the molecule is CC(Cc1cccs1)N(C)CCCC(C)(C)CCN. The summed E-state index contributed by atoms with van der Waals surface area (Å²) in [5, 5.41) is 2.16. The zero-order valence-electron chi connectivity index (χ0n) is 13.0. The average molecular weight is 282 g/mol. The molecule has 0 amide bonds. The summed E-state index contributed by atoms with van der Waals surface area (Å²) in [6, 6.07) is 5.00. The van der Waals surface area contributed by atoms with E-state index in [4.69, 9.17) is 5.73 Å². The molecule has 0 radical (unpaired) electrons. The van der Waals surface area contributed by atoms with Crippen molar-refractivity contribution in [3.63, 3.8) is 0 Å². The molecule has 1 aromatic heterocycles. The van der Waals surface area contributed by atoms with Crippen LogP contribution < -0.4 is 5.73 Å². The summed E-state index contributed by atoms with van der Waals surface area (Å²) in [6.07, 6.45) is 4.82. The minimum absolute atomic E-state index is 0.395. The van der Waals surface area contributed by atoms with Gasteiger partial charge in [-0.25, -0.2) is 0 Å². The summed E-state index contributed by atoms with van der Waals surface area (Å²) in [5.41, 5.74) is 6.06. The molecule has 1 aromatic rings. The number of nitrogens with zero attached hydrogens (tertiary/aromatic N) is 1. The molecule has 1 unspecified atom stereocenters. The number of likely N-dealkylation sites (N-methyl/N-ethyl adjacent to an activating group) is 1. The largest absolute Gasteiger partial charge is 0.330 e. The monoisotopic (exact) mass is 282 g/mol. The Hall–Kier alpha value is -0.380. The van der Waals surface area contributed by atoms with Gasteiger partial charge in [0.1, 0.15) is 0 Å². The first-order valence-electron chi connectivity index (χ1n) is 7.37. The summed E-state index contributed by atoms with van der Waals surface area (Å²) in [5.74, 6) is 0. The Morgan fingerprint density at radius 2 is 2.11 bits per heavy atom. The minimum atomic E-state index is 0.395. The second kappa shape index (κ2) is 8.03. The zero-order valence-corrected chi connectivity index (χ0v) is 13.8. The first-order chi connectivity index (χ1) is 8.94. The van der Waals surface area contributed by atoms with Gasteiger partial charge in [-0.15, -0.1) is 11.3 Å². The van der Waals surface area contributed by atoms with Gasteiger partial charge in [0, 0.05) is 10.9 Å². The summed E-state index contributed by atoms with van der Waals surface area (Å²) in [6.45, 7) is 8.97. The molecule has 1 atom stereocenters. The third-order valence-corrected chi connectivity index (χ3v) is 4.91. The van der Waals surface area contributed by atoms with E-state index in [9.17, 15) is 0 Å². The van der Waals surface area contributed by atoms with E-state index in [1.54, 1.807) is 0 Å². The summed E-state index contributed by atoms with van der Waals surface area (Å²) in [4.78, 5) is 3.97. The molecule has 0 aliphatic rings. The van der Waals surface area contributed by atoms with Crippen molar-refractivity contribution in [2.75, 3.05) is 20.1 Å². The highest BCUT2D eigenvalue weighted by Gasteiger charge is 2.17. The predicted octanol–water partition coefficient (Wildman–Crippen LogP) is 3.77. The van der Waals surface area contributed by atoms with Crippen molar-refractivity contribution in [2.24, 2.45) is 11.1 Å². The Kier molecular flexibility index (Phi) is 7.05. The van der Waals surface area contributed by atoms with Crippen LogP contribution in [0.1, 0.15) is 44.9 Å². The van der Waals surface area contributed by atoms with E-state index in [-0.39, 0.29) is 0 Å². The highest BCUT2D eigenvalue weighted by atomic mass is 32.1. The quantitative estimate of drug-likeness (QED) is 0.747. The fourth-order valence-electron chi connectivity index (χ4n) is 2.42. The second-order valence-electron chi connectivity index (χ2n) is 6.42. The molecule has 0 saturated heterocycles. The van der Waals surface area contributed by atoms with Crippen molar-refractivity contribution >= 4 is 11.3 Å². The van der Waals surface area contributed by atoms with Gasteiger partial charge in [-0.2, -0.15) is 0 Å². The van der Waals surface area contributed by atoms with Gasteiger partial charge in [0.2, 0.25) is 0 Å². The van der Waals surface area contributed by atoms with Crippen molar-refractivity contribution in [2.45, 2.75) is 52.5 Å². The van der Waals surface area contributed by atoms with Crippen LogP contribution in [0.25, 0.3) is 0 Å². The van der Waals surface area contributed by atoms with Crippen molar-refractivity contribution in [1.82, 2.24) is 4.90 Å². The molecular weight excluding hydrogens is 252 g/mol. The van der Waals surface area contributed by atoms with Gasteiger partial charge in [-0.3, -0.25) is 0 Å². The number of hydrogen-bond donors (Lipinski definition) is 1. The Morgan fingerprint density at radius 3 is 2.68 bits per heavy atom.